The number of aromatic nitrogens is 1. The van der Waals surface area contributed by atoms with E-state index in [2.05, 4.69) is 30.6 Å². The fourth-order valence-electron chi connectivity index (χ4n) is 2.12. The Balaban J connectivity index is 2.50. The van der Waals surface area contributed by atoms with E-state index in [1.807, 2.05) is 13.0 Å². The second-order valence-electron chi connectivity index (χ2n) is 5.76. The van der Waals surface area contributed by atoms with Gasteiger partial charge in [0.1, 0.15) is 5.69 Å². The van der Waals surface area contributed by atoms with Crippen molar-refractivity contribution in [3.05, 3.63) is 36.4 Å². The number of ether oxygens (including phenoxy) is 2. The molecule has 29 heavy (non-hydrogen) atoms. The fraction of sp³-hybridized carbons (Fsp3) is 0.263. The van der Waals surface area contributed by atoms with Crippen LogP contribution >= 0.6 is 0 Å². The molecular weight excluding hydrogens is 378 g/mol. The molecule has 0 aliphatic carbocycles. The van der Waals surface area contributed by atoms with Gasteiger partial charge in [-0.25, -0.2) is 9.78 Å². The second kappa shape index (κ2) is 10.5. The number of nitrogens with zero attached hydrogens (tertiary/aromatic N) is 3. The third-order valence-corrected chi connectivity index (χ3v) is 3.38. The van der Waals surface area contributed by atoms with Crippen LogP contribution in [0.25, 0.3) is 0 Å². The largest absolute Gasteiger partial charge is 0.453 e. The number of pyridine rings is 1. The molecule has 0 aliphatic rings. The lowest BCUT2D eigenvalue weighted by molar-refractivity contribution is -0.134. The van der Waals surface area contributed by atoms with Crippen molar-refractivity contribution in [3.63, 3.8) is 0 Å². The summed E-state index contributed by atoms with van der Waals surface area (Å²) in [7, 11) is 1.19. The number of rotatable bonds is 7. The van der Waals surface area contributed by atoms with Gasteiger partial charge in [0.2, 0.25) is 5.91 Å². The summed E-state index contributed by atoms with van der Waals surface area (Å²) in [5, 5.41) is 13.0. The monoisotopic (exact) mass is 399 g/mol. The van der Waals surface area contributed by atoms with Gasteiger partial charge in [-0.1, -0.05) is 25.1 Å². The summed E-state index contributed by atoms with van der Waals surface area (Å²) < 4.78 is 9.89. The SMILES string of the molecule is CCCC(=O)Oc1cc(N=Nc2ccccc2)c(NC(=O)OC)nc1NC(C)=O. The Morgan fingerprint density at radius 2 is 1.79 bits per heavy atom. The van der Waals surface area contributed by atoms with Gasteiger partial charge in [0.15, 0.2) is 17.4 Å². The molecule has 0 saturated carbocycles. The van der Waals surface area contributed by atoms with E-state index >= 15 is 0 Å². The van der Waals surface area contributed by atoms with Gasteiger partial charge in [-0.2, -0.15) is 5.11 Å². The van der Waals surface area contributed by atoms with Crippen molar-refractivity contribution in [1.82, 2.24) is 4.98 Å². The molecule has 2 N–H and O–H groups in total. The molecule has 2 amide bonds. The molecule has 1 heterocycles. The van der Waals surface area contributed by atoms with Gasteiger partial charge >= 0.3 is 12.1 Å². The van der Waals surface area contributed by atoms with Crippen LogP contribution in [0.15, 0.2) is 46.6 Å². The maximum absolute atomic E-state index is 11.9. The molecule has 0 radical (unpaired) electrons. The van der Waals surface area contributed by atoms with Crippen molar-refractivity contribution in [2.24, 2.45) is 10.2 Å². The molecule has 0 bridgehead atoms. The number of methoxy groups -OCH3 is 1. The summed E-state index contributed by atoms with van der Waals surface area (Å²) in [6.07, 6.45) is -0.0227. The van der Waals surface area contributed by atoms with Crippen LogP contribution in [0.3, 0.4) is 0 Å². The second-order valence-corrected chi connectivity index (χ2v) is 5.76. The van der Waals surface area contributed by atoms with Gasteiger partial charge in [0.05, 0.1) is 12.8 Å². The average Bonchev–Trinajstić information content (AvgIpc) is 2.69. The van der Waals surface area contributed by atoms with E-state index in [0.717, 1.165) is 0 Å². The van der Waals surface area contributed by atoms with Crippen LogP contribution in [-0.2, 0) is 14.3 Å². The molecule has 0 fully saturated rings. The summed E-state index contributed by atoms with van der Waals surface area (Å²) in [5.41, 5.74) is 0.666. The number of nitrogens with one attached hydrogen (secondary N) is 2. The van der Waals surface area contributed by atoms with Crippen molar-refractivity contribution < 1.29 is 23.9 Å². The number of carbonyl (C=O) groups excluding carboxylic acids is 3. The lowest BCUT2D eigenvalue weighted by Gasteiger charge is -2.13. The molecule has 2 rings (SSSR count). The normalized spacial score (nSPS) is 10.4. The zero-order valence-electron chi connectivity index (χ0n) is 16.3. The highest BCUT2D eigenvalue weighted by Crippen LogP contribution is 2.35. The molecule has 0 aliphatic heterocycles. The first-order valence-electron chi connectivity index (χ1n) is 8.78. The first kappa shape index (κ1) is 21.5. The highest BCUT2D eigenvalue weighted by molar-refractivity contribution is 5.93. The summed E-state index contributed by atoms with van der Waals surface area (Å²) in [4.78, 5) is 39.3. The first-order chi connectivity index (χ1) is 13.9. The summed E-state index contributed by atoms with van der Waals surface area (Å²) >= 11 is 0. The van der Waals surface area contributed by atoms with E-state index in [4.69, 9.17) is 4.74 Å². The van der Waals surface area contributed by atoms with Crippen LogP contribution in [-0.4, -0.2) is 30.1 Å². The Labute approximate surface area is 167 Å². The van der Waals surface area contributed by atoms with Gasteiger partial charge in [-0.3, -0.25) is 14.9 Å². The number of hydrogen-bond donors (Lipinski definition) is 2. The maximum atomic E-state index is 11.9. The number of hydrogen-bond acceptors (Lipinski definition) is 8. The van der Waals surface area contributed by atoms with Crippen LogP contribution in [0.4, 0.5) is 27.8 Å². The van der Waals surface area contributed by atoms with Crippen molar-refractivity contribution in [2.45, 2.75) is 26.7 Å². The number of amides is 2. The van der Waals surface area contributed by atoms with E-state index in [1.165, 1.54) is 20.1 Å². The number of carbonyl (C=O) groups is 3. The predicted molar refractivity (Wildman–Crippen MR) is 106 cm³/mol. The predicted octanol–water partition coefficient (Wildman–Crippen LogP) is 4.34. The van der Waals surface area contributed by atoms with Crippen molar-refractivity contribution in [3.8, 4) is 5.75 Å². The van der Waals surface area contributed by atoms with E-state index in [-0.39, 0.29) is 29.5 Å². The number of anilines is 2. The minimum absolute atomic E-state index is 0.0175. The molecule has 0 spiro atoms. The third-order valence-electron chi connectivity index (χ3n) is 3.38. The van der Waals surface area contributed by atoms with Crippen molar-refractivity contribution >= 4 is 41.0 Å². The van der Waals surface area contributed by atoms with E-state index < -0.39 is 18.0 Å². The number of benzene rings is 1. The molecule has 0 saturated heterocycles. The Hall–Kier alpha value is -3.82. The van der Waals surface area contributed by atoms with E-state index in [9.17, 15) is 14.4 Å². The molecule has 0 atom stereocenters. The Morgan fingerprint density at radius 1 is 1.07 bits per heavy atom. The molecule has 10 heteroatoms. The van der Waals surface area contributed by atoms with E-state index in [0.29, 0.717) is 12.1 Å². The van der Waals surface area contributed by atoms with Crippen LogP contribution in [0.5, 0.6) is 5.75 Å². The number of azo groups is 1. The van der Waals surface area contributed by atoms with Crippen LogP contribution in [0.1, 0.15) is 26.7 Å². The van der Waals surface area contributed by atoms with Crippen LogP contribution in [0.2, 0.25) is 0 Å². The van der Waals surface area contributed by atoms with Crippen molar-refractivity contribution in [2.75, 3.05) is 17.7 Å². The third kappa shape index (κ3) is 6.69. The summed E-state index contributed by atoms with van der Waals surface area (Å²) in [6.45, 7) is 3.10. The lowest BCUT2D eigenvalue weighted by atomic mass is 10.3. The van der Waals surface area contributed by atoms with Crippen molar-refractivity contribution in [1.29, 1.82) is 0 Å². The molecule has 10 nitrogen and oxygen atoms in total. The quantitative estimate of drug-likeness (QED) is 0.526. The minimum atomic E-state index is -0.793. The molecule has 0 unspecified atom stereocenters. The summed E-state index contributed by atoms with van der Waals surface area (Å²) in [6, 6.07) is 10.2. The number of esters is 1. The zero-order valence-corrected chi connectivity index (χ0v) is 16.3. The standard InChI is InChI=1S/C19H21N5O5/c1-4-8-16(26)29-15-11-14(24-23-13-9-6-5-7-10-13)17(22-19(27)28-3)21-18(15)20-12(2)25/h5-7,9-11H,4,8H2,1-3H3,(H2,20,21,22,25,27). The minimum Gasteiger partial charge on any atom is -0.453 e. The Kier molecular flexibility index (Phi) is 7.78. The first-order valence-corrected chi connectivity index (χ1v) is 8.78. The van der Waals surface area contributed by atoms with Crippen LogP contribution < -0.4 is 15.4 Å². The molecule has 2 aromatic rings. The van der Waals surface area contributed by atoms with Gasteiger partial charge in [0, 0.05) is 19.4 Å². The molecule has 152 valence electrons. The fourth-order valence-corrected chi connectivity index (χ4v) is 2.12. The summed E-state index contributed by atoms with van der Waals surface area (Å²) in [5.74, 6) is -1.04. The molecule has 1 aromatic heterocycles. The lowest BCUT2D eigenvalue weighted by Crippen LogP contribution is -2.16. The van der Waals surface area contributed by atoms with Gasteiger partial charge < -0.3 is 14.8 Å². The van der Waals surface area contributed by atoms with Crippen LogP contribution in [0, 0.1) is 0 Å². The average molecular weight is 399 g/mol. The molecular formula is C19H21N5O5. The Bertz CT molecular complexity index is 915. The van der Waals surface area contributed by atoms with Gasteiger partial charge in [-0.05, 0) is 18.6 Å². The van der Waals surface area contributed by atoms with E-state index in [1.54, 1.807) is 24.3 Å². The van der Waals surface area contributed by atoms with Gasteiger partial charge in [0.25, 0.3) is 0 Å². The molecule has 1 aromatic carbocycles. The smallest absolute Gasteiger partial charge is 0.412 e. The highest BCUT2D eigenvalue weighted by Gasteiger charge is 2.18. The topological polar surface area (TPSA) is 131 Å². The Morgan fingerprint density at radius 3 is 2.41 bits per heavy atom. The highest BCUT2D eigenvalue weighted by atomic mass is 16.5. The van der Waals surface area contributed by atoms with Gasteiger partial charge in [-0.15, -0.1) is 5.11 Å². The maximum Gasteiger partial charge on any atom is 0.412 e. The zero-order chi connectivity index (χ0) is 21.2.